The van der Waals surface area contributed by atoms with Crippen molar-refractivity contribution >= 4 is 25.1 Å². The van der Waals surface area contributed by atoms with Crippen molar-refractivity contribution in [1.82, 2.24) is 0 Å². The molecule has 1 aromatic carbocycles. The lowest BCUT2D eigenvalue weighted by molar-refractivity contribution is -0.122. The second kappa shape index (κ2) is 9.77. The van der Waals surface area contributed by atoms with Gasteiger partial charge >= 0.3 is 7.60 Å². The number of hydrogen-bond acceptors (Lipinski definition) is 6. The van der Waals surface area contributed by atoms with E-state index in [0.717, 1.165) is 16.0 Å². The number of phenolic OH excluding ortho intramolecular Hbond substituents is 1. The molecule has 0 saturated carbocycles. The summed E-state index contributed by atoms with van der Waals surface area (Å²) < 4.78 is 22.3. The maximum Gasteiger partial charge on any atom is 0.330 e. The van der Waals surface area contributed by atoms with Crippen LogP contribution in [0.3, 0.4) is 0 Å². The second-order valence-corrected chi connectivity index (χ2v) is 14.1. The number of rotatable bonds is 9. The second-order valence-electron chi connectivity index (χ2n) is 10.0. The Labute approximate surface area is 186 Å². The van der Waals surface area contributed by atoms with Crippen molar-refractivity contribution < 1.29 is 23.5 Å². The molecule has 0 aliphatic rings. The van der Waals surface area contributed by atoms with Gasteiger partial charge in [0, 0.05) is 22.2 Å². The van der Waals surface area contributed by atoms with Crippen LogP contribution in [0.15, 0.2) is 17.0 Å². The SMILES string of the molecule is CCOP(=O)(CC)OCC(=O)C(C)(C)Sc1cc(C(C)(C)C)c(O)c(C(C)(C)C)c1. The van der Waals surface area contributed by atoms with E-state index in [-0.39, 0.29) is 36.0 Å². The van der Waals surface area contributed by atoms with Gasteiger partial charge in [0.15, 0.2) is 5.78 Å². The Morgan fingerprint density at radius 1 is 0.967 bits per heavy atom. The number of aromatic hydroxyl groups is 1. The summed E-state index contributed by atoms with van der Waals surface area (Å²) in [7, 11) is -3.24. The molecule has 0 heterocycles. The minimum atomic E-state index is -3.24. The fraction of sp³-hybridized carbons (Fsp3) is 0.696. The molecule has 7 heteroatoms. The van der Waals surface area contributed by atoms with Gasteiger partial charge in [0.25, 0.3) is 0 Å². The molecule has 0 aliphatic heterocycles. The van der Waals surface area contributed by atoms with Crippen LogP contribution in [0.2, 0.25) is 0 Å². The first kappa shape index (κ1) is 27.2. The van der Waals surface area contributed by atoms with E-state index in [1.165, 1.54) is 11.8 Å². The third-order valence-electron chi connectivity index (χ3n) is 4.85. The number of carbonyl (C=O) groups is 1. The van der Waals surface area contributed by atoms with Crippen LogP contribution in [0.5, 0.6) is 5.75 Å². The van der Waals surface area contributed by atoms with E-state index in [1.54, 1.807) is 13.8 Å². The molecule has 0 bridgehead atoms. The third kappa shape index (κ3) is 7.12. The number of thioether (sulfide) groups is 1. The Morgan fingerprint density at radius 3 is 1.80 bits per heavy atom. The zero-order chi connectivity index (χ0) is 23.5. The number of hydrogen-bond donors (Lipinski definition) is 1. The molecule has 0 spiro atoms. The highest BCUT2D eigenvalue weighted by atomic mass is 32.2. The predicted octanol–water partition coefficient (Wildman–Crippen LogP) is 6.69. The largest absolute Gasteiger partial charge is 0.507 e. The van der Waals surface area contributed by atoms with E-state index in [4.69, 9.17) is 9.05 Å². The summed E-state index contributed by atoms with van der Waals surface area (Å²) in [5, 5.41) is 10.9. The number of benzene rings is 1. The average Bonchev–Trinajstić information content (AvgIpc) is 2.59. The van der Waals surface area contributed by atoms with Gasteiger partial charge in [-0.15, -0.1) is 11.8 Å². The predicted molar refractivity (Wildman–Crippen MR) is 126 cm³/mol. The quantitative estimate of drug-likeness (QED) is 0.328. The van der Waals surface area contributed by atoms with Crippen molar-refractivity contribution in [1.29, 1.82) is 0 Å². The molecule has 1 unspecified atom stereocenters. The molecule has 5 nitrogen and oxygen atoms in total. The fourth-order valence-electron chi connectivity index (χ4n) is 2.91. The summed E-state index contributed by atoms with van der Waals surface area (Å²) >= 11 is 1.42. The highest BCUT2D eigenvalue weighted by Gasteiger charge is 2.34. The molecule has 0 amide bonds. The van der Waals surface area contributed by atoms with Crippen LogP contribution >= 0.6 is 19.4 Å². The van der Waals surface area contributed by atoms with Gasteiger partial charge in [-0.05, 0) is 43.7 Å². The van der Waals surface area contributed by atoms with E-state index >= 15 is 0 Å². The first-order valence-corrected chi connectivity index (χ1v) is 13.0. The Morgan fingerprint density at radius 2 is 1.43 bits per heavy atom. The first-order valence-electron chi connectivity index (χ1n) is 10.4. The molecule has 1 N–H and O–H groups in total. The van der Waals surface area contributed by atoms with Gasteiger partial charge in [-0.25, -0.2) is 0 Å². The maximum absolute atomic E-state index is 12.9. The Bertz CT molecular complexity index is 768. The molecule has 1 atom stereocenters. The van der Waals surface area contributed by atoms with E-state index in [2.05, 4.69) is 41.5 Å². The molecular weight excluding hydrogens is 419 g/mol. The van der Waals surface area contributed by atoms with E-state index < -0.39 is 12.3 Å². The molecule has 0 saturated heterocycles. The molecule has 0 radical (unpaired) electrons. The van der Waals surface area contributed by atoms with Gasteiger partial charge < -0.3 is 14.2 Å². The van der Waals surface area contributed by atoms with Crippen molar-refractivity contribution in [3.05, 3.63) is 23.3 Å². The number of phenols is 1. The third-order valence-corrected chi connectivity index (χ3v) is 8.01. The Kier molecular flexibility index (Phi) is 8.86. The zero-order valence-corrected chi connectivity index (χ0v) is 21.9. The van der Waals surface area contributed by atoms with Crippen LogP contribution in [0, 0.1) is 0 Å². The number of Topliss-reactive ketones (excluding diaryl/α,β-unsaturated/α-hetero) is 1. The molecule has 1 aromatic rings. The lowest BCUT2D eigenvalue weighted by atomic mass is 9.79. The zero-order valence-electron chi connectivity index (χ0n) is 20.2. The lowest BCUT2D eigenvalue weighted by Crippen LogP contribution is -2.31. The van der Waals surface area contributed by atoms with Crippen molar-refractivity contribution in [3.63, 3.8) is 0 Å². The lowest BCUT2D eigenvalue weighted by Gasteiger charge is -2.30. The van der Waals surface area contributed by atoms with Gasteiger partial charge in [-0.1, -0.05) is 48.5 Å². The average molecular weight is 459 g/mol. The highest BCUT2D eigenvalue weighted by molar-refractivity contribution is 8.01. The highest BCUT2D eigenvalue weighted by Crippen LogP contribution is 2.48. The summed E-state index contributed by atoms with van der Waals surface area (Å²) in [5.41, 5.74) is 1.21. The van der Waals surface area contributed by atoms with Gasteiger partial charge in [0.05, 0.1) is 11.4 Å². The van der Waals surface area contributed by atoms with Crippen LogP contribution in [-0.4, -0.2) is 35.0 Å². The van der Waals surface area contributed by atoms with E-state index in [9.17, 15) is 14.5 Å². The van der Waals surface area contributed by atoms with Gasteiger partial charge in [-0.3, -0.25) is 9.36 Å². The molecule has 0 aromatic heterocycles. The van der Waals surface area contributed by atoms with E-state index in [0.29, 0.717) is 5.75 Å². The smallest absolute Gasteiger partial charge is 0.330 e. The summed E-state index contributed by atoms with van der Waals surface area (Å²) in [6.45, 7) is 19.5. The minimum Gasteiger partial charge on any atom is -0.507 e. The van der Waals surface area contributed by atoms with Crippen molar-refractivity contribution in [2.24, 2.45) is 0 Å². The van der Waals surface area contributed by atoms with Crippen LogP contribution in [0.25, 0.3) is 0 Å². The number of ketones is 1. The Hall–Kier alpha value is -0.810. The van der Waals surface area contributed by atoms with E-state index in [1.807, 2.05) is 26.0 Å². The molecular formula is C23H39O5PS. The molecule has 0 aliphatic carbocycles. The van der Waals surface area contributed by atoms with Crippen LogP contribution < -0.4 is 0 Å². The van der Waals surface area contributed by atoms with Gasteiger partial charge in [-0.2, -0.15) is 0 Å². The fourth-order valence-corrected chi connectivity index (χ4v) is 5.17. The van der Waals surface area contributed by atoms with Crippen molar-refractivity contribution in [2.75, 3.05) is 19.4 Å². The van der Waals surface area contributed by atoms with Crippen molar-refractivity contribution in [3.8, 4) is 5.75 Å². The Balaban J connectivity index is 3.21. The molecule has 0 fully saturated rings. The van der Waals surface area contributed by atoms with Gasteiger partial charge in [0.2, 0.25) is 0 Å². The van der Waals surface area contributed by atoms with Gasteiger partial charge in [0.1, 0.15) is 12.4 Å². The van der Waals surface area contributed by atoms with Crippen LogP contribution in [0.4, 0.5) is 0 Å². The molecule has 30 heavy (non-hydrogen) atoms. The monoisotopic (exact) mass is 458 g/mol. The molecule has 1 rings (SSSR count). The summed E-state index contributed by atoms with van der Waals surface area (Å²) in [6, 6.07) is 3.92. The normalized spacial score (nSPS) is 15.1. The van der Waals surface area contributed by atoms with Crippen LogP contribution in [0.1, 0.15) is 80.4 Å². The topological polar surface area (TPSA) is 72.8 Å². The number of carbonyl (C=O) groups excluding carboxylic acids is 1. The summed E-state index contributed by atoms with van der Waals surface area (Å²) in [4.78, 5) is 13.8. The summed E-state index contributed by atoms with van der Waals surface area (Å²) in [5.74, 6) is 0.149. The molecule has 172 valence electrons. The minimum absolute atomic E-state index is 0.163. The standard InChI is InChI=1S/C23H39O5PS/c1-11-27-29(26,12-2)28-15-19(24)23(9,10)30-16-13-17(21(3,4)5)20(25)18(14-16)22(6,7)8/h13-14,25H,11-12,15H2,1-10H3. The van der Waals surface area contributed by atoms with Crippen LogP contribution in [-0.2, 0) is 29.2 Å². The maximum atomic E-state index is 12.9. The summed E-state index contributed by atoms with van der Waals surface area (Å²) in [6.07, 6.45) is 0.226. The first-order chi connectivity index (χ1) is 13.5. The van der Waals surface area contributed by atoms with Crippen molar-refractivity contribution in [2.45, 2.75) is 89.7 Å².